The van der Waals surface area contributed by atoms with Crippen molar-refractivity contribution < 1.29 is 32.9 Å². The second-order valence-corrected chi connectivity index (χ2v) is 5.56. The Balaban J connectivity index is 2.07. The molecule has 0 heterocycles. The van der Waals surface area contributed by atoms with Gasteiger partial charge in [-0.25, -0.2) is 9.18 Å². The summed E-state index contributed by atoms with van der Waals surface area (Å²) >= 11 is 5.83. The molecule has 0 unspecified atom stereocenters. The lowest BCUT2D eigenvalue weighted by Gasteiger charge is -2.13. The molecule has 2 rings (SSSR count). The molecule has 0 saturated carbocycles. The number of hydrogen-bond acceptors (Lipinski definition) is 6. The fourth-order valence-corrected chi connectivity index (χ4v) is 2.39. The van der Waals surface area contributed by atoms with E-state index >= 15 is 0 Å². The molecule has 2 aromatic carbocycles. The minimum absolute atomic E-state index is 0.0243. The standard InChI is InChI=1S/C18H17ClFNO6/c1-24-14-8-16(26-3)15(25-2)7-11(14)18(23)27-9-17(22)21-13-5-4-10(20)6-12(13)19/h4-8H,9H2,1-3H3,(H,21,22). The lowest BCUT2D eigenvalue weighted by Crippen LogP contribution is -2.21. The Morgan fingerprint density at radius 2 is 1.63 bits per heavy atom. The number of hydrogen-bond donors (Lipinski definition) is 1. The van der Waals surface area contributed by atoms with Crippen molar-refractivity contribution in [3.8, 4) is 17.2 Å². The van der Waals surface area contributed by atoms with Gasteiger partial charge in [0.25, 0.3) is 5.91 Å². The van der Waals surface area contributed by atoms with Crippen molar-refractivity contribution in [3.05, 3.63) is 46.7 Å². The minimum Gasteiger partial charge on any atom is -0.496 e. The van der Waals surface area contributed by atoms with E-state index in [-0.39, 0.29) is 22.0 Å². The minimum atomic E-state index is -0.798. The number of benzene rings is 2. The van der Waals surface area contributed by atoms with Crippen molar-refractivity contribution in [1.82, 2.24) is 0 Å². The van der Waals surface area contributed by atoms with Gasteiger partial charge in [-0.05, 0) is 18.2 Å². The van der Waals surface area contributed by atoms with Gasteiger partial charge >= 0.3 is 5.97 Å². The van der Waals surface area contributed by atoms with E-state index in [4.69, 9.17) is 30.5 Å². The second kappa shape index (κ2) is 9.09. The van der Waals surface area contributed by atoms with E-state index < -0.39 is 24.3 Å². The molecule has 144 valence electrons. The first-order valence-corrected chi connectivity index (χ1v) is 7.99. The number of methoxy groups -OCH3 is 3. The molecule has 0 aliphatic carbocycles. The summed E-state index contributed by atoms with van der Waals surface area (Å²) in [7, 11) is 4.24. The zero-order chi connectivity index (χ0) is 20.0. The smallest absolute Gasteiger partial charge is 0.342 e. The van der Waals surface area contributed by atoms with Gasteiger partial charge in [0.2, 0.25) is 0 Å². The fourth-order valence-electron chi connectivity index (χ4n) is 2.17. The van der Waals surface area contributed by atoms with Gasteiger partial charge in [0.1, 0.15) is 17.1 Å². The summed E-state index contributed by atoms with van der Waals surface area (Å²) in [6.07, 6.45) is 0. The predicted molar refractivity (Wildman–Crippen MR) is 96.4 cm³/mol. The summed E-state index contributed by atoms with van der Waals surface area (Å²) in [6.45, 7) is -0.579. The molecule has 0 fully saturated rings. The summed E-state index contributed by atoms with van der Waals surface area (Å²) < 4.78 is 33.4. The van der Waals surface area contributed by atoms with Crippen LogP contribution in [0.25, 0.3) is 0 Å². The largest absolute Gasteiger partial charge is 0.496 e. The van der Waals surface area contributed by atoms with E-state index in [2.05, 4.69) is 5.32 Å². The van der Waals surface area contributed by atoms with Crippen LogP contribution in [0.1, 0.15) is 10.4 Å². The Kier molecular flexibility index (Phi) is 6.84. The van der Waals surface area contributed by atoms with E-state index in [1.807, 2.05) is 0 Å². The molecule has 2 aromatic rings. The van der Waals surface area contributed by atoms with Crippen LogP contribution in [0.5, 0.6) is 17.2 Å². The van der Waals surface area contributed by atoms with Gasteiger partial charge in [0, 0.05) is 12.1 Å². The third-order valence-corrected chi connectivity index (χ3v) is 3.78. The second-order valence-electron chi connectivity index (χ2n) is 5.16. The summed E-state index contributed by atoms with van der Waals surface area (Å²) in [5.74, 6) is -1.11. The van der Waals surface area contributed by atoms with Crippen LogP contribution < -0.4 is 19.5 Å². The summed E-state index contributed by atoms with van der Waals surface area (Å²) in [6, 6.07) is 6.34. The SMILES string of the molecule is COc1cc(OC)c(C(=O)OCC(=O)Nc2ccc(F)cc2Cl)cc1OC. The highest BCUT2D eigenvalue weighted by molar-refractivity contribution is 6.33. The Bertz CT molecular complexity index is 858. The molecule has 0 spiro atoms. The third kappa shape index (κ3) is 5.01. The monoisotopic (exact) mass is 397 g/mol. The van der Waals surface area contributed by atoms with E-state index in [0.717, 1.165) is 12.1 Å². The number of nitrogens with one attached hydrogen (secondary N) is 1. The average molecular weight is 398 g/mol. The maximum atomic E-state index is 13.0. The van der Waals surface area contributed by atoms with Gasteiger partial charge in [-0.1, -0.05) is 11.6 Å². The maximum absolute atomic E-state index is 13.0. The number of esters is 1. The van der Waals surface area contributed by atoms with Crippen molar-refractivity contribution >= 4 is 29.2 Å². The number of carbonyl (C=O) groups is 2. The Morgan fingerprint density at radius 1 is 1.00 bits per heavy atom. The molecule has 0 aliphatic heterocycles. The zero-order valence-corrected chi connectivity index (χ0v) is 15.6. The first kappa shape index (κ1) is 20.3. The first-order valence-electron chi connectivity index (χ1n) is 7.61. The highest BCUT2D eigenvalue weighted by Gasteiger charge is 2.20. The molecular formula is C18H17ClFNO6. The van der Waals surface area contributed by atoms with Gasteiger partial charge in [-0.15, -0.1) is 0 Å². The molecule has 27 heavy (non-hydrogen) atoms. The number of rotatable bonds is 7. The van der Waals surface area contributed by atoms with Crippen molar-refractivity contribution in [2.75, 3.05) is 33.3 Å². The van der Waals surface area contributed by atoms with Crippen LogP contribution in [0.3, 0.4) is 0 Å². The molecule has 1 N–H and O–H groups in total. The first-order chi connectivity index (χ1) is 12.9. The van der Waals surface area contributed by atoms with Gasteiger partial charge in [0.05, 0.1) is 32.0 Å². The lowest BCUT2D eigenvalue weighted by atomic mass is 10.1. The lowest BCUT2D eigenvalue weighted by molar-refractivity contribution is -0.119. The quantitative estimate of drug-likeness (QED) is 0.722. The molecule has 0 saturated heterocycles. The highest BCUT2D eigenvalue weighted by atomic mass is 35.5. The third-order valence-electron chi connectivity index (χ3n) is 3.47. The highest BCUT2D eigenvalue weighted by Crippen LogP contribution is 2.34. The van der Waals surface area contributed by atoms with Gasteiger partial charge < -0.3 is 24.3 Å². The van der Waals surface area contributed by atoms with E-state index in [0.29, 0.717) is 11.5 Å². The number of ether oxygens (including phenoxy) is 4. The summed E-state index contributed by atoms with van der Waals surface area (Å²) in [4.78, 5) is 24.3. The number of halogens is 2. The van der Waals surface area contributed by atoms with E-state index in [1.165, 1.54) is 39.5 Å². The Labute approximate surface area is 159 Å². The van der Waals surface area contributed by atoms with Crippen LogP contribution >= 0.6 is 11.6 Å². The predicted octanol–water partition coefficient (Wildman–Crippen LogP) is 3.30. The summed E-state index contributed by atoms with van der Waals surface area (Å²) in [5, 5.41) is 2.45. The van der Waals surface area contributed by atoms with Crippen LogP contribution in [-0.2, 0) is 9.53 Å². The van der Waals surface area contributed by atoms with E-state index in [1.54, 1.807) is 0 Å². The maximum Gasteiger partial charge on any atom is 0.342 e. The molecule has 0 aromatic heterocycles. The zero-order valence-electron chi connectivity index (χ0n) is 14.8. The number of amides is 1. The van der Waals surface area contributed by atoms with Crippen LogP contribution in [0.2, 0.25) is 5.02 Å². The Morgan fingerprint density at radius 3 is 2.22 bits per heavy atom. The fraction of sp³-hybridized carbons (Fsp3) is 0.222. The Hall–Kier alpha value is -3.00. The number of carbonyl (C=O) groups excluding carboxylic acids is 2. The molecule has 7 nitrogen and oxygen atoms in total. The van der Waals surface area contributed by atoms with Gasteiger partial charge in [0.15, 0.2) is 18.1 Å². The summed E-state index contributed by atoms with van der Waals surface area (Å²) in [5.41, 5.74) is 0.255. The van der Waals surface area contributed by atoms with Crippen molar-refractivity contribution in [2.45, 2.75) is 0 Å². The molecular weight excluding hydrogens is 381 g/mol. The molecule has 0 bridgehead atoms. The van der Waals surface area contributed by atoms with Crippen molar-refractivity contribution in [3.63, 3.8) is 0 Å². The molecule has 0 atom stereocenters. The molecule has 0 aliphatic rings. The normalized spacial score (nSPS) is 10.1. The molecule has 0 radical (unpaired) electrons. The van der Waals surface area contributed by atoms with Crippen LogP contribution in [0.4, 0.5) is 10.1 Å². The van der Waals surface area contributed by atoms with Crippen LogP contribution in [-0.4, -0.2) is 39.8 Å². The number of anilines is 1. The van der Waals surface area contributed by atoms with Gasteiger partial charge in [-0.2, -0.15) is 0 Å². The van der Waals surface area contributed by atoms with Crippen LogP contribution in [0, 0.1) is 5.82 Å². The van der Waals surface area contributed by atoms with Gasteiger partial charge in [-0.3, -0.25) is 4.79 Å². The van der Waals surface area contributed by atoms with Crippen molar-refractivity contribution in [1.29, 1.82) is 0 Å². The average Bonchev–Trinajstić information content (AvgIpc) is 2.67. The molecule has 1 amide bonds. The van der Waals surface area contributed by atoms with E-state index in [9.17, 15) is 14.0 Å². The molecule has 9 heteroatoms. The van der Waals surface area contributed by atoms with Crippen molar-refractivity contribution in [2.24, 2.45) is 0 Å². The van der Waals surface area contributed by atoms with Crippen LogP contribution in [0.15, 0.2) is 30.3 Å². The topological polar surface area (TPSA) is 83.1 Å².